The zero-order chi connectivity index (χ0) is 20.6. The molecule has 0 aliphatic carbocycles. The highest BCUT2D eigenvalue weighted by molar-refractivity contribution is 5.83. The molecule has 0 radical (unpaired) electrons. The van der Waals surface area contributed by atoms with Crippen LogP contribution in [-0.2, 0) is 20.7 Å². The SMILES string of the molecule is CCOC(=O)C(CC(=O)N1CCC(c2ccccc2)CC1)Cc1ccc(O)cc1. The van der Waals surface area contributed by atoms with Gasteiger partial charge < -0.3 is 14.7 Å². The number of esters is 1. The summed E-state index contributed by atoms with van der Waals surface area (Å²) in [4.78, 5) is 27.2. The summed E-state index contributed by atoms with van der Waals surface area (Å²) in [7, 11) is 0. The Balaban J connectivity index is 1.59. The maximum atomic E-state index is 12.9. The maximum Gasteiger partial charge on any atom is 0.309 e. The third-order valence-electron chi connectivity index (χ3n) is 5.58. The van der Waals surface area contributed by atoms with Crippen molar-refractivity contribution in [2.75, 3.05) is 19.7 Å². The van der Waals surface area contributed by atoms with Crippen LogP contribution in [0.2, 0.25) is 0 Å². The first kappa shape index (κ1) is 20.9. The summed E-state index contributed by atoms with van der Waals surface area (Å²) in [6.45, 7) is 3.49. The molecular weight excluding hydrogens is 366 g/mol. The van der Waals surface area contributed by atoms with Gasteiger partial charge in [0.05, 0.1) is 12.5 Å². The zero-order valence-electron chi connectivity index (χ0n) is 16.9. The van der Waals surface area contributed by atoms with Crippen LogP contribution >= 0.6 is 0 Å². The van der Waals surface area contributed by atoms with Gasteiger partial charge >= 0.3 is 5.97 Å². The first-order valence-electron chi connectivity index (χ1n) is 10.3. The molecule has 1 amide bonds. The second-order valence-electron chi connectivity index (χ2n) is 7.59. The molecule has 0 bridgehead atoms. The standard InChI is InChI=1S/C24H29NO4/c1-2-29-24(28)21(16-18-8-10-22(26)11-9-18)17-23(27)25-14-12-20(13-15-25)19-6-4-3-5-7-19/h3-11,20-21,26H,2,12-17H2,1H3. The highest BCUT2D eigenvalue weighted by atomic mass is 16.5. The molecular formula is C24H29NO4. The van der Waals surface area contributed by atoms with Gasteiger partial charge in [0.2, 0.25) is 5.91 Å². The molecule has 0 saturated carbocycles. The molecule has 1 saturated heterocycles. The maximum absolute atomic E-state index is 12.9. The number of aromatic hydroxyl groups is 1. The van der Waals surface area contributed by atoms with Gasteiger partial charge in [0.25, 0.3) is 0 Å². The fourth-order valence-corrected chi connectivity index (χ4v) is 3.94. The first-order chi connectivity index (χ1) is 14.1. The summed E-state index contributed by atoms with van der Waals surface area (Å²) in [5, 5.41) is 9.45. The lowest BCUT2D eigenvalue weighted by molar-refractivity contribution is -0.151. The van der Waals surface area contributed by atoms with Crippen molar-refractivity contribution in [3.63, 3.8) is 0 Å². The second-order valence-corrected chi connectivity index (χ2v) is 7.59. The van der Waals surface area contributed by atoms with E-state index in [1.807, 2.05) is 11.0 Å². The zero-order valence-corrected chi connectivity index (χ0v) is 16.9. The van der Waals surface area contributed by atoms with Gasteiger partial charge in [-0.15, -0.1) is 0 Å². The van der Waals surface area contributed by atoms with Gasteiger partial charge in [-0.3, -0.25) is 9.59 Å². The Bertz CT molecular complexity index is 795. The Morgan fingerprint density at radius 3 is 2.34 bits per heavy atom. The van der Waals surface area contributed by atoms with Gasteiger partial charge in [0.1, 0.15) is 5.75 Å². The molecule has 1 fully saturated rings. The van der Waals surface area contributed by atoms with Gasteiger partial charge in [-0.1, -0.05) is 42.5 Å². The minimum Gasteiger partial charge on any atom is -0.508 e. The number of likely N-dealkylation sites (tertiary alicyclic amines) is 1. The van der Waals surface area contributed by atoms with E-state index in [-0.39, 0.29) is 24.0 Å². The van der Waals surface area contributed by atoms with Crippen molar-refractivity contribution in [1.29, 1.82) is 0 Å². The lowest BCUT2D eigenvalue weighted by Crippen LogP contribution is -2.39. The molecule has 1 heterocycles. The lowest BCUT2D eigenvalue weighted by Gasteiger charge is -2.33. The molecule has 1 atom stereocenters. The fourth-order valence-electron chi connectivity index (χ4n) is 3.94. The molecule has 2 aromatic carbocycles. The third kappa shape index (κ3) is 5.83. The number of phenolic OH excluding ortho intramolecular Hbond substituents is 1. The quantitative estimate of drug-likeness (QED) is 0.722. The topological polar surface area (TPSA) is 66.8 Å². The van der Waals surface area contributed by atoms with Gasteiger partial charge in [-0.2, -0.15) is 0 Å². The molecule has 1 unspecified atom stereocenters. The summed E-state index contributed by atoms with van der Waals surface area (Å²) in [5.74, 6) is -0.183. The van der Waals surface area contributed by atoms with Crippen LogP contribution in [0.1, 0.15) is 43.2 Å². The number of carbonyl (C=O) groups is 2. The van der Waals surface area contributed by atoms with Crippen molar-refractivity contribution >= 4 is 11.9 Å². The van der Waals surface area contributed by atoms with E-state index in [1.165, 1.54) is 5.56 Å². The average Bonchev–Trinajstić information content (AvgIpc) is 2.75. The van der Waals surface area contributed by atoms with E-state index < -0.39 is 5.92 Å². The molecule has 1 aliphatic rings. The van der Waals surface area contributed by atoms with Gasteiger partial charge in [-0.05, 0) is 55.4 Å². The number of hydrogen-bond acceptors (Lipinski definition) is 4. The summed E-state index contributed by atoms with van der Waals surface area (Å²) >= 11 is 0. The van der Waals surface area contributed by atoms with Crippen LogP contribution in [0.4, 0.5) is 0 Å². The minimum absolute atomic E-state index is 0.00773. The van der Waals surface area contributed by atoms with Crippen molar-refractivity contribution in [3.05, 3.63) is 65.7 Å². The number of rotatable bonds is 7. The van der Waals surface area contributed by atoms with Gasteiger partial charge in [-0.25, -0.2) is 0 Å². The van der Waals surface area contributed by atoms with Crippen LogP contribution in [-0.4, -0.2) is 41.6 Å². The monoisotopic (exact) mass is 395 g/mol. The lowest BCUT2D eigenvalue weighted by atomic mass is 9.89. The van der Waals surface area contributed by atoms with Crippen molar-refractivity contribution < 1.29 is 19.4 Å². The Kier molecular flexibility index (Phi) is 7.28. The predicted octanol–water partition coefficient (Wildman–Crippen LogP) is 3.91. The van der Waals surface area contributed by atoms with E-state index in [4.69, 9.17) is 4.74 Å². The molecule has 3 rings (SSSR count). The summed E-state index contributed by atoms with van der Waals surface area (Å²) in [6, 6.07) is 17.2. The van der Waals surface area contributed by atoms with Crippen LogP contribution in [0.3, 0.4) is 0 Å². The number of ether oxygens (including phenoxy) is 1. The molecule has 0 spiro atoms. The van der Waals surface area contributed by atoms with E-state index in [2.05, 4.69) is 24.3 Å². The fraction of sp³-hybridized carbons (Fsp3) is 0.417. The van der Waals surface area contributed by atoms with Crippen LogP contribution in [0.25, 0.3) is 0 Å². The average molecular weight is 395 g/mol. The van der Waals surface area contributed by atoms with Crippen LogP contribution < -0.4 is 0 Å². The smallest absolute Gasteiger partial charge is 0.309 e. The van der Waals surface area contributed by atoms with Crippen LogP contribution in [0, 0.1) is 5.92 Å². The molecule has 1 aliphatic heterocycles. The van der Waals surface area contributed by atoms with E-state index >= 15 is 0 Å². The number of benzene rings is 2. The molecule has 0 aromatic heterocycles. The normalized spacial score (nSPS) is 15.7. The number of amides is 1. The third-order valence-corrected chi connectivity index (χ3v) is 5.58. The van der Waals surface area contributed by atoms with Crippen LogP contribution in [0.15, 0.2) is 54.6 Å². The van der Waals surface area contributed by atoms with E-state index in [0.717, 1.165) is 18.4 Å². The van der Waals surface area contributed by atoms with Gasteiger partial charge in [0.15, 0.2) is 0 Å². The second kappa shape index (κ2) is 10.1. The number of carbonyl (C=O) groups excluding carboxylic acids is 2. The Labute approximate surface area is 172 Å². The highest BCUT2D eigenvalue weighted by Crippen LogP contribution is 2.28. The van der Waals surface area contributed by atoms with Crippen molar-refractivity contribution in [2.45, 2.75) is 38.5 Å². The first-order valence-corrected chi connectivity index (χ1v) is 10.3. The number of hydrogen-bond donors (Lipinski definition) is 1. The number of phenols is 1. The number of piperidine rings is 1. The van der Waals surface area contributed by atoms with E-state index in [0.29, 0.717) is 32.0 Å². The van der Waals surface area contributed by atoms with Crippen molar-refractivity contribution in [3.8, 4) is 5.75 Å². The predicted molar refractivity (Wildman–Crippen MR) is 112 cm³/mol. The summed E-state index contributed by atoms with van der Waals surface area (Å²) in [6.07, 6.45) is 2.45. The molecule has 5 heteroatoms. The summed E-state index contributed by atoms with van der Waals surface area (Å²) in [5.41, 5.74) is 2.23. The Morgan fingerprint density at radius 1 is 1.07 bits per heavy atom. The largest absolute Gasteiger partial charge is 0.508 e. The van der Waals surface area contributed by atoms with Crippen molar-refractivity contribution in [1.82, 2.24) is 4.90 Å². The molecule has 2 aromatic rings. The Hall–Kier alpha value is -2.82. The number of nitrogens with zero attached hydrogens (tertiary/aromatic N) is 1. The highest BCUT2D eigenvalue weighted by Gasteiger charge is 2.29. The Morgan fingerprint density at radius 2 is 1.72 bits per heavy atom. The van der Waals surface area contributed by atoms with Gasteiger partial charge in [0, 0.05) is 19.5 Å². The summed E-state index contributed by atoms with van der Waals surface area (Å²) < 4.78 is 5.20. The van der Waals surface area contributed by atoms with Crippen LogP contribution in [0.5, 0.6) is 5.75 Å². The molecule has 29 heavy (non-hydrogen) atoms. The molecule has 1 N–H and O–H groups in total. The minimum atomic E-state index is -0.515. The molecule has 154 valence electrons. The molecule has 5 nitrogen and oxygen atoms in total. The van der Waals surface area contributed by atoms with E-state index in [1.54, 1.807) is 31.2 Å². The van der Waals surface area contributed by atoms with E-state index in [9.17, 15) is 14.7 Å². The van der Waals surface area contributed by atoms with Crippen molar-refractivity contribution in [2.24, 2.45) is 5.92 Å².